The van der Waals surface area contributed by atoms with Crippen molar-refractivity contribution >= 4 is 5.97 Å². The van der Waals surface area contributed by atoms with Gasteiger partial charge in [0.05, 0.1) is 47.5 Å². The van der Waals surface area contributed by atoms with Crippen LogP contribution in [-0.2, 0) is 4.79 Å². The summed E-state index contributed by atoms with van der Waals surface area (Å²) in [5.74, 6) is 1.78. The molecule has 0 radical (unpaired) electrons. The third-order valence-electron chi connectivity index (χ3n) is 6.00. The van der Waals surface area contributed by atoms with Crippen LogP contribution >= 0.6 is 0 Å². The zero-order chi connectivity index (χ0) is 23.3. The molecule has 0 aliphatic carbocycles. The molecule has 1 unspecified atom stereocenters. The number of nitrogens with zero attached hydrogens (tertiary/aromatic N) is 1. The van der Waals surface area contributed by atoms with Crippen molar-refractivity contribution in [3.8, 4) is 28.7 Å². The molecule has 174 valence electrons. The lowest BCUT2D eigenvalue weighted by molar-refractivity contribution is -0.143. The van der Waals surface area contributed by atoms with E-state index < -0.39 is 5.97 Å². The van der Waals surface area contributed by atoms with E-state index in [4.69, 9.17) is 23.7 Å². The molecule has 3 rings (SSSR count). The minimum atomic E-state index is -0.746. The Kier molecular flexibility index (Phi) is 7.69. The summed E-state index contributed by atoms with van der Waals surface area (Å²) >= 11 is 0. The average Bonchev–Trinajstić information content (AvgIpc) is 2.83. The summed E-state index contributed by atoms with van der Waals surface area (Å²) in [4.78, 5) is 13.8. The molecule has 0 amide bonds. The van der Waals surface area contributed by atoms with Crippen LogP contribution in [0.15, 0.2) is 30.3 Å². The highest BCUT2D eigenvalue weighted by atomic mass is 16.5. The van der Waals surface area contributed by atoms with E-state index in [9.17, 15) is 9.90 Å². The predicted molar refractivity (Wildman–Crippen MR) is 119 cm³/mol. The Labute approximate surface area is 188 Å². The van der Waals surface area contributed by atoms with E-state index in [1.165, 1.54) is 0 Å². The summed E-state index contributed by atoms with van der Waals surface area (Å²) in [6.07, 6.45) is 1.13. The first-order valence-electron chi connectivity index (χ1n) is 10.5. The normalized spacial score (nSPS) is 15.7. The lowest BCUT2D eigenvalue weighted by atomic mass is 9.90. The van der Waals surface area contributed by atoms with Crippen LogP contribution in [0, 0.1) is 5.92 Å². The molecule has 0 aromatic heterocycles. The van der Waals surface area contributed by atoms with E-state index in [1.54, 1.807) is 35.5 Å². The van der Waals surface area contributed by atoms with Gasteiger partial charge in [0.1, 0.15) is 0 Å². The van der Waals surface area contributed by atoms with Crippen molar-refractivity contribution in [3.05, 3.63) is 41.5 Å². The Balaban J connectivity index is 2.18. The fraction of sp³-hybridized carbons (Fsp3) is 0.458. The van der Waals surface area contributed by atoms with Gasteiger partial charge >= 0.3 is 5.97 Å². The Morgan fingerprint density at radius 2 is 1.38 bits per heavy atom. The number of carboxylic acid groups (broad SMARTS) is 1. The number of ether oxygens (including phenoxy) is 5. The van der Waals surface area contributed by atoms with Gasteiger partial charge in [-0.25, -0.2) is 0 Å². The van der Waals surface area contributed by atoms with E-state index in [0.717, 1.165) is 11.1 Å². The van der Waals surface area contributed by atoms with Gasteiger partial charge in [-0.15, -0.1) is 0 Å². The number of carbonyl (C=O) groups is 1. The van der Waals surface area contributed by atoms with Crippen molar-refractivity contribution in [1.82, 2.24) is 4.90 Å². The van der Waals surface area contributed by atoms with Crippen LogP contribution in [-0.4, -0.2) is 64.6 Å². The second-order valence-electron chi connectivity index (χ2n) is 7.56. The number of rotatable bonds is 9. The molecule has 32 heavy (non-hydrogen) atoms. The smallest absolute Gasteiger partial charge is 0.306 e. The van der Waals surface area contributed by atoms with E-state index >= 15 is 0 Å². The van der Waals surface area contributed by atoms with Gasteiger partial charge in [-0.05, 0) is 44.1 Å². The fourth-order valence-corrected chi connectivity index (χ4v) is 4.43. The molecular weight excluding hydrogens is 414 g/mol. The highest BCUT2D eigenvalue weighted by Crippen LogP contribution is 2.48. The van der Waals surface area contributed by atoms with Gasteiger partial charge in [-0.2, -0.15) is 0 Å². The number of hydrogen-bond donors (Lipinski definition) is 1. The SMILES string of the molecule is COc1cccc(C(c2ccc(OC)c(OC)c2OC)N2CCC(C(=O)O)CC2)c1OC. The molecule has 2 aromatic carbocycles. The molecule has 8 heteroatoms. The summed E-state index contributed by atoms with van der Waals surface area (Å²) in [6, 6.07) is 9.28. The predicted octanol–water partition coefficient (Wildman–Crippen LogP) is 3.62. The third kappa shape index (κ3) is 4.41. The van der Waals surface area contributed by atoms with E-state index in [-0.39, 0.29) is 12.0 Å². The first-order chi connectivity index (χ1) is 15.5. The third-order valence-corrected chi connectivity index (χ3v) is 6.00. The molecule has 2 aromatic rings. The minimum Gasteiger partial charge on any atom is -0.493 e. The molecule has 1 aliphatic rings. The maximum Gasteiger partial charge on any atom is 0.306 e. The lowest BCUT2D eigenvalue weighted by Crippen LogP contribution is -2.39. The van der Waals surface area contributed by atoms with Crippen LogP contribution in [0.3, 0.4) is 0 Å². The minimum absolute atomic E-state index is 0.274. The number of aliphatic carboxylic acids is 1. The quantitative estimate of drug-likeness (QED) is 0.626. The maximum absolute atomic E-state index is 11.5. The first-order valence-corrected chi connectivity index (χ1v) is 10.5. The second-order valence-corrected chi connectivity index (χ2v) is 7.56. The molecule has 0 saturated carbocycles. The fourth-order valence-electron chi connectivity index (χ4n) is 4.43. The summed E-state index contributed by atoms with van der Waals surface area (Å²) in [6.45, 7) is 1.22. The van der Waals surface area contributed by atoms with Crippen molar-refractivity contribution in [2.24, 2.45) is 5.92 Å². The molecule has 1 saturated heterocycles. The molecule has 0 bridgehead atoms. The molecule has 0 spiro atoms. The highest BCUT2D eigenvalue weighted by molar-refractivity contribution is 5.70. The number of hydrogen-bond acceptors (Lipinski definition) is 7. The van der Waals surface area contributed by atoms with E-state index in [0.29, 0.717) is 54.7 Å². The van der Waals surface area contributed by atoms with E-state index in [1.807, 2.05) is 30.3 Å². The van der Waals surface area contributed by atoms with Crippen LogP contribution in [0.1, 0.15) is 30.0 Å². The van der Waals surface area contributed by atoms with E-state index in [2.05, 4.69) is 4.90 Å². The number of piperidine rings is 1. The molecule has 1 atom stereocenters. The van der Waals surface area contributed by atoms with Crippen LogP contribution in [0.5, 0.6) is 28.7 Å². The zero-order valence-electron chi connectivity index (χ0n) is 19.2. The summed E-state index contributed by atoms with van der Waals surface area (Å²) < 4.78 is 28.2. The van der Waals surface area contributed by atoms with Crippen molar-refractivity contribution in [2.45, 2.75) is 18.9 Å². The zero-order valence-corrected chi connectivity index (χ0v) is 19.2. The Hall–Kier alpha value is -3.13. The maximum atomic E-state index is 11.5. The Morgan fingerprint density at radius 3 is 1.91 bits per heavy atom. The van der Waals surface area contributed by atoms with Crippen molar-refractivity contribution in [3.63, 3.8) is 0 Å². The van der Waals surface area contributed by atoms with Crippen LogP contribution in [0.25, 0.3) is 0 Å². The van der Waals surface area contributed by atoms with Gasteiger partial charge < -0.3 is 28.8 Å². The molecule has 8 nitrogen and oxygen atoms in total. The average molecular weight is 446 g/mol. The summed E-state index contributed by atoms with van der Waals surface area (Å²) in [7, 11) is 7.96. The molecular formula is C24H31NO7. The number of para-hydroxylation sites is 1. The monoisotopic (exact) mass is 445 g/mol. The van der Waals surface area contributed by atoms with Crippen molar-refractivity contribution in [2.75, 3.05) is 48.6 Å². The Bertz CT molecular complexity index is 938. The highest BCUT2D eigenvalue weighted by Gasteiger charge is 2.35. The molecule has 1 heterocycles. The largest absolute Gasteiger partial charge is 0.493 e. The lowest BCUT2D eigenvalue weighted by Gasteiger charge is -2.38. The molecule has 1 aliphatic heterocycles. The number of carboxylic acids is 1. The second kappa shape index (κ2) is 10.5. The topological polar surface area (TPSA) is 86.7 Å². The number of benzene rings is 2. The van der Waals surface area contributed by atoms with Gasteiger partial charge in [-0.3, -0.25) is 9.69 Å². The molecule has 1 N–H and O–H groups in total. The van der Waals surface area contributed by atoms with Gasteiger partial charge in [0.15, 0.2) is 23.0 Å². The van der Waals surface area contributed by atoms with Crippen LogP contribution in [0.4, 0.5) is 0 Å². The van der Waals surface area contributed by atoms with Gasteiger partial charge in [0.2, 0.25) is 5.75 Å². The van der Waals surface area contributed by atoms with Gasteiger partial charge in [0, 0.05) is 11.1 Å². The number of likely N-dealkylation sites (tertiary alicyclic amines) is 1. The van der Waals surface area contributed by atoms with Gasteiger partial charge in [0.25, 0.3) is 0 Å². The van der Waals surface area contributed by atoms with Crippen LogP contribution < -0.4 is 23.7 Å². The van der Waals surface area contributed by atoms with Crippen LogP contribution in [0.2, 0.25) is 0 Å². The Morgan fingerprint density at radius 1 is 0.812 bits per heavy atom. The van der Waals surface area contributed by atoms with Crippen molar-refractivity contribution in [1.29, 1.82) is 0 Å². The first kappa shape index (κ1) is 23.5. The van der Waals surface area contributed by atoms with Crippen molar-refractivity contribution < 1.29 is 33.6 Å². The molecule has 1 fully saturated rings. The summed E-state index contributed by atoms with van der Waals surface area (Å²) in [5, 5.41) is 9.45. The number of methoxy groups -OCH3 is 5. The van der Waals surface area contributed by atoms with Gasteiger partial charge in [-0.1, -0.05) is 12.1 Å². The summed E-state index contributed by atoms with van der Waals surface area (Å²) in [5.41, 5.74) is 1.76. The standard InChI is InChI=1S/C24H31NO7/c1-28-18-8-6-7-16(21(18)30-3)20(25-13-11-15(12-14-25)24(26)27)17-9-10-19(29-2)23(32-5)22(17)31-4/h6-10,15,20H,11-14H2,1-5H3,(H,26,27).